The zero-order valence-electron chi connectivity index (χ0n) is 11.5. The molecule has 3 aromatic rings. The monoisotopic (exact) mass is 310 g/mol. The maximum atomic E-state index is 12.3. The van der Waals surface area contributed by atoms with E-state index in [-0.39, 0.29) is 12.4 Å². The molecule has 0 aliphatic rings. The Hall–Kier alpha value is -2.77. The van der Waals surface area contributed by atoms with E-state index in [1.807, 2.05) is 30.3 Å². The second kappa shape index (κ2) is 5.92. The van der Waals surface area contributed by atoms with Crippen molar-refractivity contribution in [1.29, 1.82) is 5.26 Å². The number of halogens is 1. The van der Waals surface area contributed by atoms with Crippen LogP contribution in [0.2, 0.25) is 5.02 Å². The molecule has 108 valence electrons. The van der Waals surface area contributed by atoms with Gasteiger partial charge in [-0.2, -0.15) is 5.26 Å². The first-order chi connectivity index (χ1) is 10.7. The molecule has 0 atom stereocenters. The molecule has 22 heavy (non-hydrogen) atoms. The normalized spacial score (nSPS) is 10.4. The molecule has 0 unspecified atom stereocenters. The Morgan fingerprint density at radius 1 is 1.27 bits per heavy atom. The predicted octanol–water partition coefficient (Wildman–Crippen LogP) is 3.95. The van der Waals surface area contributed by atoms with E-state index >= 15 is 0 Å². The zero-order chi connectivity index (χ0) is 15.5. The number of carbonyl (C=O) groups is 1. The second-order valence-corrected chi connectivity index (χ2v) is 5.12. The lowest BCUT2D eigenvalue weighted by Gasteiger charge is -2.07. The highest BCUT2D eigenvalue weighted by atomic mass is 35.5. The van der Waals surface area contributed by atoms with E-state index in [0.29, 0.717) is 21.9 Å². The Morgan fingerprint density at radius 3 is 2.86 bits per heavy atom. The van der Waals surface area contributed by atoms with Gasteiger partial charge in [0.25, 0.3) is 0 Å². The first kappa shape index (κ1) is 14.2. The summed E-state index contributed by atoms with van der Waals surface area (Å²) in [7, 11) is 0. The van der Waals surface area contributed by atoms with Gasteiger partial charge in [0.05, 0.1) is 16.7 Å². The Kier molecular flexibility index (Phi) is 3.82. The maximum absolute atomic E-state index is 12.3. The van der Waals surface area contributed by atoms with Crippen molar-refractivity contribution in [2.75, 3.05) is 6.61 Å². The van der Waals surface area contributed by atoms with Crippen molar-refractivity contribution in [3.63, 3.8) is 0 Å². The number of nitrogens with zero attached hydrogens (tertiary/aromatic N) is 1. The summed E-state index contributed by atoms with van der Waals surface area (Å²) in [6.07, 6.45) is 1.68. The van der Waals surface area contributed by atoms with Crippen LogP contribution in [0, 0.1) is 11.3 Å². The van der Waals surface area contributed by atoms with Gasteiger partial charge in [0, 0.05) is 22.7 Å². The highest BCUT2D eigenvalue weighted by Crippen LogP contribution is 2.26. The third-order valence-corrected chi connectivity index (χ3v) is 3.60. The lowest BCUT2D eigenvalue weighted by molar-refractivity contribution is 0.0923. The minimum atomic E-state index is -0.141. The summed E-state index contributed by atoms with van der Waals surface area (Å²) < 4.78 is 5.47. The molecule has 0 fully saturated rings. The number of rotatable bonds is 4. The number of ether oxygens (including phenoxy) is 1. The number of hydrogen-bond donors (Lipinski definition) is 1. The van der Waals surface area contributed by atoms with Gasteiger partial charge in [-0.05, 0) is 24.3 Å². The largest absolute Gasteiger partial charge is 0.484 e. The van der Waals surface area contributed by atoms with E-state index in [1.54, 1.807) is 18.3 Å². The van der Waals surface area contributed by atoms with Crippen LogP contribution in [0.25, 0.3) is 10.9 Å². The summed E-state index contributed by atoms with van der Waals surface area (Å²) in [5.74, 6) is 0.242. The quantitative estimate of drug-likeness (QED) is 0.742. The van der Waals surface area contributed by atoms with Gasteiger partial charge >= 0.3 is 0 Å². The zero-order valence-corrected chi connectivity index (χ0v) is 12.2. The number of nitrogens with one attached hydrogen (secondary N) is 1. The highest BCUT2D eigenvalue weighted by Gasteiger charge is 2.13. The molecule has 2 aromatic carbocycles. The van der Waals surface area contributed by atoms with Crippen LogP contribution in [0.5, 0.6) is 5.75 Å². The third-order valence-electron chi connectivity index (χ3n) is 3.31. The van der Waals surface area contributed by atoms with Gasteiger partial charge in [0.2, 0.25) is 5.78 Å². The van der Waals surface area contributed by atoms with Crippen molar-refractivity contribution in [2.45, 2.75) is 0 Å². The van der Waals surface area contributed by atoms with E-state index in [2.05, 4.69) is 4.98 Å². The smallest absolute Gasteiger partial charge is 0.202 e. The Balaban J connectivity index is 1.77. The summed E-state index contributed by atoms with van der Waals surface area (Å²) in [6.45, 7) is -0.118. The molecule has 0 aliphatic carbocycles. The summed E-state index contributed by atoms with van der Waals surface area (Å²) in [4.78, 5) is 15.3. The van der Waals surface area contributed by atoms with E-state index in [4.69, 9.17) is 21.6 Å². The van der Waals surface area contributed by atoms with Crippen molar-refractivity contribution in [2.24, 2.45) is 0 Å². The summed E-state index contributed by atoms with van der Waals surface area (Å²) in [6, 6.07) is 14.3. The molecular formula is C17H11ClN2O2. The topological polar surface area (TPSA) is 65.9 Å². The van der Waals surface area contributed by atoms with E-state index in [0.717, 1.165) is 10.9 Å². The molecule has 0 amide bonds. The van der Waals surface area contributed by atoms with Gasteiger partial charge in [-0.1, -0.05) is 29.8 Å². The molecule has 0 saturated heterocycles. The summed E-state index contributed by atoms with van der Waals surface area (Å²) in [5.41, 5.74) is 1.93. The van der Waals surface area contributed by atoms with Gasteiger partial charge in [0.1, 0.15) is 5.75 Å². The molecule has 1 heterocycles. The van der Waals surface area contributed by atoms with Crippen LogP contribution in [-0.4, -0.2) is 17.4 Å². The Labute approximate surface area is 131 Å². The first-order valence-electron chi connectivity index (χ1n) is 6.61. The Bertz CT molecular complexity index is 893. The molecule has 5 heteroatoms. The number of ketones is 1. The number of H-pyrrole nitrogens is 1. The van der Waals surface area contributed by atoms with E-state index in [9.17, 15) is 4.79 Å². The van der Waals surface area contributed by atoms with Crippen LogP contribution >= 0.6 is 11.6 Å². The van der Waals surface area contributed by atoms with Crippen LogP contribution < -0.4 is 4.74 Å². The molecular weight excluding hydrogens is 300 g/mol. The number of aromatic nitrogens is 1. The molecule has 1 aromatic heterocycles. The number of carbonyl (C=O) groups excluding carboxylic acids is 1. The number of Topliss-reactive ketones (excluding diaryl/α,β-unsaturated/α-hetero) is 1. The molecule has 0 bridgehead atoms. The van der Waals surface area contributed by atoms with Crippen molar-refractivity contribution in [3.05, 3.63) is 64.8 Å². The number of nitriles is 1. The minimum Gasteiger partial charge on any atom is -0.484 e. The fraction of sp³-hybridized carbons (Fsp3) is 0.0588. The highest BCUT2D eigenvalue weighted by molar-refractivity contribution is 6.32. The maximum Gasteiger partial charge on any atom is 0.202 e. The Morgan fingerprint density at radius 2 is 2.09 bits per heavy atom. The third kappa shape index (κ3) is 2.67. The predicted molar refractivity (Wildman–Crippen MR) is 84.3 cm³/mol. The van der Waals surface area contributed by atoms with Crippen molar-refractivity contribution in [1.82, 2.24) is 4.98 Å². The average Bonchev–Trinajstić information content (AvgIpc) is 2.97. The molecule has 0 radical (unpaired) electrons. The molecule has 1 N–H and O–H groups in total. The number of para-hydroxylation sites is 1. The van der Waals surface area contributed by atoms with Crippen LogP contribution in [0.1, 0.15) is 15.9 Å². The fourth-order valence-corrected chi connectivity index (χ4v) is 2.45. The van der Waals surface area contributed by atoms with Crippen molar-refractivity contribution >= 4 is 28.3 Å². The SMILES string of the molecule is N#Cc1ccc(OCC(=O)c2c[nH]c3ccccc23)c(Cl)c1. The van der Waals surface area contributed by atoms with Gasteiger partial charge < -0.3 is 9.72 Å². The lowest BCUT2D eigenvalue weighted by Crippen LogP contribution is -2.11. The number of benzene rings is 2. The van der Waals surface area contributed by atoms with Gasteiger partial charge in [-0.15, -0.1) is 0 Å². The van der Waals surface area contributed by atoms with Crippen molar-refractivity contribution < 1.29 is 9.53 Å². The van der Waals surface area contributed by atoms with Crippen LogP contribution in [0.4, 0.5) is 0 Å². The van der Waals surface area contributed by atoms with E-state index < -0.39 is 0 Å². The van der Waals surface area contributed by atoms with Gasteiger partial charge in [-0.3, -0.25) is 4.79 Å². The van der Waals surface area contributed by atoms with Crippen LogP contribution in [0.15, 0.2) is 48.7 Å². The van der Waals surface area contributed by atoms with Crippen molar-refractivity contribution in [3.8, 4) is 11.8 Å². The minimum absolute atomic E-state index is 0.118. The summed E-state index contributed by atoms with van der Waals surface area (Å²) in [5, 5.41) is 9.96. The van der Waals surface area contributed by atoms with Gasteiger partial charge in [0.15, 0.2) is 6.61 Å². The standard InChI is InChI=1S/C17H11ClN2O2/c18-14-7-11(8-19)5-6-17(14)22-10-16(21)13-9-20-15-4-2-1-3-12(13)15/h1-7,9,20H,10H2. The number of hydrogen-bond acceptors (Lipinski definition) is 3. The molecule has 4 nitrogen and oxygen atoms in total. The number of fused-ring (bicyclic) bond motifs is 1. The molecule has 3 rings (SSSR count). The molecule has 0 spiro atoms. The fourth-order valence-electron chi connectivity index (χ4n) is 2.21. The summed E-state index contributed by atoms with van der Waals surface area (Å²) >= 11 is 6.02. The van der Waals surface area contributed by atoms with Crippen LogP contribution in [0.3, 0.4) is 0 Å². The number of aromatic amines is 1. The molecule has 0 saturated carbocycles. The van der Waals surface area contributed by atoms with E-state index in [1.165, 1.54) is 6.07 Å². The van der Waals surface area contributed by atoms with Gasteiger partial charge in [-0.25, -0.2) is 0 Å². The lowest BCUT2D eigenvalue weighted by atomic mass is 10.1. The average molecular weight is 311 g/mol. The first-order valence-corrected chi connectivity index (χ1v) is 6.98. The van der Waals surface area contributed by atoms with Crippen LogP contribution in [-0.2, 0) is 0 Å². The second-order valence-electron chi connectivity index (χ2n) is 4.72. The molecule has 0 aliphatic heterocycles.